The topological polar surface area (TPSA) is 87.3 Å². The molecule has 0 atom stereocenters. The highest BCUT2D eigenvalue weighted by Gasteiger charge is 2.20. The lowest BCUT2D eigenvalue weighted by molar-refractivity contribution is -0.119. The van der Waals surface area contributed by atoms with E-state index in [1.165, 1.54) is 13.4 Å². The van der Waals surface area contributed by atoms with Gasteiger partial charge in [0.1, 0.15) is 0 Å². The van der Waals surface area contributed by atoms with Gasteiger partial charge in [0, 0.05) is 13.1 Å². The zero-order valence-electron chi connectivity index (χ0n) is 9.52. The molecule has 1 aromatic rings. The van der Waals surface area contributed by atoms with Crippen LogP contribution in [0, 0.1) is 0 Å². The number of H-pyrrole nitrogens is 1. The van der Waals surface area contributed by atoms with E-state index in [1.807, 2.05) is 0 Å². The highest BCUT2D eigenvalue weighted by molar-refractivity contribution is 5.81. The second kappa shape index (κ2) is 4.86. The van der Waals surface area contributed by atoms with E-state index in [1.54, 1.807) is 4.90 Å². The van der Waals surface area contributed by atoms with Crippen molar-refractivity contribution in [3.8, 4) is 5.75 Å². The first-order valence-corrected chi connectivity index (χ1v) is 5.35. The number of aromatic amines is 1. The standard InChI is InChI=1S/C10H14N4O3/c1-17-8-9(12-6-13-10(8)16)14-4-2-3-11-7(15)5-14/h6H,2-5H2,1H3,(H,11,15)(H,12,13,16). The van der Waals surface area contributed by atoms with E-state index in [2.05, 4.69) is 15.3 Å². The number of anilines is 1. The molecule has 17 heavy (non-hydrogen) atoms. The van der Waals surface area contributed by atoms with Crippen LogP contribution >= 0.6 is 0 Å². The summed E-state index contributed by atoms with van der Waals surface area (Å²) in [6, 6.07) is 0. The van der Waals surface area contributed by atoms with Crippen molar-refractivity contribution >= 4 is 11.7 Å². The Morgan fingerprint density at radius 3 is 3.06 bits per heavy atom. The van der Waals surface area contributed by atoms with Crippen molar-refractivity contribution in [1.29, 1.82) is 0 Å². The molecule has 7 nitrogen and oxygen atoms in total. The van der Waals surface area contributed by atoms with Crippen molar-refractivity contribution in [3.05, 3.63) is 16.7 Å². The molecule has 1 aliphatic heterocycles. The van der Waals surface area contributed by atoms with Crippen LogP contribution in [0.1, 0.15) is 6.42 Å². The van der Waals surface area contributed by atoms with Gasteiger partial charge in [-0.25, -0.2) is 4.98 Å². The van der Waals surface area contributed by atoms with Gasteiger partial charge in [0.05, 0.1) is 20.0 Å². The summed E-state index contributed by atoms with van der Waals surface area (Å²) in [5, 5.41) is 2.76. The smallest absolute Gasteiger partial charge is 0.295 e. The summed E-state index contributed by atoms with van der Waals surface area (Å²) in [5.74, 6) is 0.474. The van der Waals surface area contributed by atoms with Gasteiger partial charge in [0.2, 0.25) is 11.7 Å². The van der Waals surface area contributed by atoms with Crippen LogP contribution < -0.4 is 20.5 Å². The fraction of sp³-hybridized carbons (Fsp3) is 0.500. The van der Waals surface area contributed by atoms with Crippen molar-refractivity contribution in [2.45, 2.75) is 6.42 Å². The maximum absolute atomic E-state index is 11.5. The summed E-state index contributed by atoms with van der Waals surface area (Å²) in [6.45, 7) is 1.49. The first-order chi connectivity index (χ1) is 8.22. The number of amides is 1. The summed E-state index contributed by atoms with van der Waals surface area (Å²) in [6.07, 6.45) is 2.12. The molecule has 2 heterocycles. The van der Waals surface area contributed by atoms with Crippen molar-refractivity contribution in [2.75, 3.05) is 31.6 Å². The number of ether oxygens (including phenoxy) is 1. The van der Waals surface area contributed by atoms with E-state index < -0.39 is 0 Å². The minimum Gasteiger partial charge on any atom is -0.489 e. The molecule has 1 fully saturated rings. The van der Waals surface area contributed by atoms with E-state index in [0.29, 0.717) is 18.9 Å². The molecular weight excluding hydrogens is 224 g/mol. The Morgan fingerprint density at radius 1 is 1.47 bits per heavy atom. The zero-order valence-corrected chi connectivity index (χ0v) is 9.52. The van der Waals surface area contributed by atoms with Gasteiger partial charge in [-0.05, 0) is 6.42 Å². The predicted molar refractivity (Wildman–Crippen MR) is 61.2 cm³/mol. The molecule has 0 spiro atoms. The summed E-state index contributed by atoms with van der Waals surface area (Å²) in [5.41, 5.74) is -0.345. The molecule has 0 bridgehead atoms. The number of nitrogens with one attached hydrogen (secondary N) is 2. The van der Waals surface area contributed by atoms with Crippen LogP contribution in [0.5, 0.6) is 5.75 Å². The van der Waals surface area contributed by atoms with Crippen molar-refractivity contribution in [1.82, 2.24) is 15.3 Å². The minimum atomic E-state index is -0.345. The molecule has 1 aliphatic rings. The van der Waals surface area contributed by atoms with E-state index in [-0.39, 0.29) is 23.8 Å². The summed E-state index contributed by atoms with van der Waals surface area (Å²) >= 11 is 0. The van der Waals surface area contributed by atoms with Crippen LogP contribution in [0.15, 0.2) is 11.1 Å². The molecule has 1 saturated heterocycles. The second-order valence-electron chi connectivity index (χ2n) is 3.71. The monoisotopic (exact) mass is 238 g/mol. The van der Waals surface area contributed by atoms with Crippen molar-refractivity contribution < 1.29 is 9.53 Å². The lowest BCUT2D eigenvalue weighted by Gasteiger charge is -2.21. The average Bonchev–Trinajstić information content (AvgIpc) is 2.53. The Kier molecular flexibility index (Phi) is 3.27. The summed E-state index contributed by atoms with van der Waals surface area (Å²) < 4.78 is 5.03. The van der Waals surface area contributed by atoms with E-state index in [4.69, 9.17) is 4.74 Å². The molecule has 1 amide bonds. The van der Waals surface area contributed by atoms with Gasteiger partial charge in [-0.2, -0.15) is 0 Å². The van der Waals surface area contributed by atoms with Crippen LogP contribution in [-0.2, 0) is 4.79 Å². The first-order valence-electron chi connectivity index (χ1n) is 5.35. The van der Waals surface area contributed by atoms with E-state index in [9.17, 15) is 9.59 Å². The molecular formula is C10H14N4O3. The second-order valence-corrected chi connectivity index (χ2v) is 3.71. The maximum atomic E-state index is 11.5. The van der Waals surface area contributed by atoms with Crippen molar-refractivity contribution in [3.63, 3.8) is 0 Å². The number of hydrogen-bond donors (Lipinski definition) is 2. The molecule has 0 radical (unpaired) electrons. The van der Waals surface area contributed by atoms with Gasteiger partial charge in [0.25, 0.3) is 5.56 Å². The van der Waals surface area contributed by atoms with Gasteiger partial charge in [0.15, 0.2) is 5.82 Å². The Balaban J connectivity index is 2.35. The molecule has 92 valence electrons. The molecule has 1 aromatic heterocycles. The van der Waals surface area contributed by atoms with Crippen LogP contribution in [0.25, 0.3) is 0 Å². The van der Waals surface area contributed by atoms with Crippen LogP contribution in [-0.4, -0.2) is 42.6 Å². The molecule has 0 saturated carbocycles. The first kappa shape index (κ1) is 11.4. The molecule has 0 aromatic carbocycles. The summed E-state index contributed by atoms with van der Waals surface area (Å²) in [4.78, 5) is 31.2. The molecule has 2 rings (SSSR count). The van der Waals surface area contributed by atoms with Crippen LogP contribution in [0.4, 0.5) is 5.82 Å². The van der Waals surface area contributed by atoms with E-state index >= 15 is 0 Å². The maximum Gasteiger partial charge on any atom is 0.295 e. The Hall–Kier alpha value is -2.05. The quantitative estimate of drug-likeness (QED) is 0.697. The normalized spacial score (nSPS) is 16.3. The number of carbonyl (C=O) groups excluding carboxylic acids is 1. The lowest BCUT2D eigenvalue weighted by Crippen LogP contribution is -2.34. The predicted octanol–water partition coefficient (Wildman–Crippen LogP) is -0.895. The fourth-order valence-electron chi connectivity index (χ4n) is 1.77. The van der Waals surface area contributed by atoms with Crippen LogP contribution in [0.2, 0.25) is 0 Å². The zero-order chi connectivity index (χ0) is 12.3. The number of nitrogens with zero attached hydrogens (tertiary/aromatic N) is 2. The number of carbonyl (C=O) groups is 1. The van der Waals surface area contributed by atoms with Crippen molar-refractivity contribution in [2.24, 2.45) is 0 Å². The Bertz CT molecular complexity index is 471. The van der Waals surface area contributed by atoms with Gasteiger partial charge >= 0.3 is 0 Å². The Morgan fingerprint density at radius 2 is 2.29 bits per heavy atom. The molecule has 0 aliphatic carbocycles. The third-order valence-electron chi connectivity index (χ3n) is 2.56. The highest BCUT2D eigenvalue weighted by Crippen LogP contribution is 2.20. The number of aromatic nitrogens is 2. The molecule has 7 heteroatoms. The Labute approximate surface area is 97.8 Å². The number of methoxy groups -OCH3 is 1. The number of rotatable bonds is 2. The summed E-state index contributed by atoms with van der Waals surface area (Å²) in [7, 11) is 1.41. The van der Waals surface area contributed by atoms with Crippen LogP contribution in [0.3, 0.4) is 0 Å². The number of hydrogen-bond acceptors (Lipinski definition) is 5. The fourth-order valence-corrected chi connectivity index (χ4v) is 1.77. The third-order valence-corrected chi connectivity index (χ3v) is 2.56. The van der Waals surface area contributed by atoms with Gasteiger partial charge in [-0.1, -0.05) is 0 Å². The minimum absolute atomic E-state index is 0.0772. The van der Waals surface area contributed by atoms with Gasteiger partial charge < -0.3 is 19.9 Å². The third kappa shape index (κ3) is 2.38. The molecule has 2 N–H and O–H groups in total. The van der Waals surface area contributed by atoms with E-state index in [0.717, 1.165) is 6.42 Å². The lowest BCUT2D eigenvalue weighted by atomic mass is 10.3. The molecule has 0 unspecified atom stereocenters. The highest BCUT2D eigenvalue weighted by atomic mass is 16.5. The average molecular weight is 238 g/mol. The van der Waals surface area contributed by atoms with Gasteiger partial charge in [-0.3, -0.25) is 9.59 Å². The van der Waals surface area contributed by atoms with Gasteiger partial charge in [-0.15, -0.1) is 0 Å². The largest absolute Gasteiger partial charge is 0.489 e. The SMILES string of the molecule is COc1c(N2CCCNC(=O)C2)nc[nH]c1=O.